The first-order chi connectivity index (χ1) is 9.15. The maximum Gasteiger partial charge on any atom is 0.303 e. The largest absolute Gasteiger partial charge is 0.481 e. The fourth-order valence-electron chi connectivity index (χ4n) is 1.97. The number of aliphatic hydroxyl groups excluding tert-OH is 1. The van der Waals surface area contributed by atoms with E-state index >= 15 is 0 Å². The minimum Gasteiger partial charge on any atom is -0.481 e. The number of carboxylic acid groups (broad SMARTS) is 1. The first-order valence-electron chi connectivity index (χ1n) is 6.81. The Hall–Kier alpha value is -0.910. The van der Waals surface area contributed by atoms with Gasteiger partial charge in [-0.2, -0.15) is 0 Å². The van der Waals surface area contributed by atoms with Crippen LogP contribution in [0.2, 0.25) is 0 Å². The summed E-state index contributed by atoms with van der Waals surface area (Å²) in [7, 11) is 0. The van der Waals surface area contributed by atoms with Crippen LogP contribution >= 0.6 is 11.3 Å². The van der Waals surface area contributed by atoms with Crippen molar-refractivity contribution < 1.29 is 15.0 Å². The number of aliphatic carboxylic acids is 1. The summed E-state index contributed by atoms with van der Waals surface area (Å²) in [6, 6.07) is 3.59. The summed E-state index contributed by atoms with van der Waals surface area (Å²) in [4.78, 5) is 11.6. The molecule has 2 atom stereocenters. The van der Waals surface area contributed by atoms with Crippen LogP contribution < -0.4 is 5.32 Å². The van der Waals surface area contributed by atoms with E-state index in [-0.39, 0.29) is 12.5 Å². The number of nitrogens with one attached hydrogen (secondary N) is 1. The number of carbonyl (C=O) groups is 1. The van der Waals surface area contributed by atoms with Gasteiger partial charge >= 0.3 is 5.97 Å². The zero-order valence-electron chi connectivity index (χ0n) is 11.3. The number of unbranched alkanes of at least 4 members (excludes halogenated alkanes) is 2. The zero-order valence-corrected chi connectivity index (χ0v) is 12.2. The molecule has 0 aliphatic carbocycles. The third kappa shape index (κ3) is 6.18. The standard InChI is InChI=1S/C14H23NO3S/c1-2-3-4-9-15-11(7-8-13(16)17)14(18)12-6-5-10-19-12/h5-6,10-11,14-15,18H,2-4,7-9H2,1H3,(H,16,17). The predicted molar refractivity (Wildman–Crippen MR) is 77.5 cm³/mol. The lowest BCUT2D eigenvalue weighted by Gasteiger charge is -2.23. The molecule has 1 aromatic heterocycles. The SMILES string of the molecule is CCCCCNC(CCC(=O)O)C(O)c1cccs1. The average Bonchev–Trinajstić information content (AvgIpc) is 2.90. The maximum atomic E-state index is 10.7. The van der Waals surface area contributed by atoms with Gasteiger partial charge in [-0.05, 0) is 30.8 Å². The first kappa shape index (κ1) is 16.1. The van der Waals surface area contributed by atoms with Crippen molar-refractivity contribution in [2.45, 2.75) is 51.2 Å². The van der Waals surface area contributed by atoms with Crippen LogP contribution in [0.15, 0.2) is 17.5 Å². The minimum atomic E-state index is -0.821. The van der Waals surface area contributed by atoms with Crippen LogP contribution in [0.5, 0.6) is 0 Å². The fourth-order valence-corrected chi connectivity index (χ4v) is 2.75. The summed E-state index contributed by atoms with van der Waals surface area (Å²) in [5, 5.41) is 24.3. The lowest BCUT2D eigenvalue weighted by Crippen LogP contribution is -2.36. The highest BCUT2D eigenvalue weighted by Gasteiger charge is 2.21. The Labute approximate surface area is 118 Å². The Morgan fingerprint density at radius 2 is 2.26 bits per heavy atom. The third-order valence-corrected chi connectivity index (χ3v) is 4.01. The Kier molecular flexibility index (Phi) is 7.70. The van der Waals surface area contributed by atoms with Crippen molar-refractivity contribution in [2.24, 2.45) is 0 Å². The highest BCUT2D eigenvalue weighted by molar-refractivity contribution is 7.10. The fraction of sp³-hybridized carbons (Fsp3) is 0.643. The van der Waals surface area contributed by atoms with Gasteiger partial charge < -0.3 is 15.5 Å². The molecule has 0 aliphatic heterocycles. The number of carboxylic acids is 1. The van der Waals surface area contributed by atoms with Crippen LogP contribution in [0.4, 0.5) is 0 Å². The molecule has 4 nitrogen and oxygen atoms in total. The minimum absolute atomic E-state index is 0.0773. The Morgan fingerprint density at radius 3 is 2.84 bits per heavy atom. The van der Waals surface area contributed by atoms with E-state index in [1.165, 1.54) is 11.3 Å². The number of aliphatic hydroxyl groups is 1. The smallest absolute Gasteiger partial charge is 0.303 e. The number of hydrogen-bond donors (Lipinski definition) is 3. The summed E-state index contributed by atoms with van der Waals surface area (Å²) >= 11 is 1.50. The molecule has 0 bridgehead atoms. The molecule has 0 spiro atoms. The molecule has 0 aromatic carbocycles. The van der Waals surface area contributed by atoms with E-state index in [1.54, 1.807) is 0 Å². The summed E-state index contributed by atoms with van der Waals surface area (Å²) in [5.41, 5.74) is 0. The van der Waals surface area contributed by atoms with Gasteiger partial charge in [-0.3, -0.25) is 4.79 Å². The maximum absolute atomic E-state index is 10.7. The molecule has 0 radical (unpaired) electrons. The second kappa shape index (κ2) is 9.07. The second-order valence-corrected chi connectivity index (χ2v) is 5.64. The van der Waals surface area contributed by atoms with Crippen LogP contribution in [0.25, 0.3) is 0 Å². The molecule has 0 saturated carbocycles. The van der Waals surface area contributed by atoms with E-state index in [2.05, 4.69) is 12.2 Å². The van der Waals surface area contributed by atoms with Gasteiger partial charge in [0.15, 0.2) is 0 Å². The van der Waals surface area contributed by atoms with Gasteiger partial charge in [0, 0.05) is 17.3 Å². The molecule has 3 N–H and O–H groups in total. The Balaban J connectivity index is 2.50. The topological polar surface area (TPSA) is 69.6 Å². The van der Waals surface area contributed by atoms with Gasteiger partial charge in [0.2, 0.25) is 0 Å². The van der Waals surface area contributed by atoms with E-state index in [1.807, 2.05) is 17.5 Å². The first-order valence-corrected chi connectivity index (χ1v) is 7.69. The van der Waals surface area contributed by atoms with Gasteiger partial charge in [0.05, 0.1) is 0 Å². The monoisotopic (exact) mass is 285 g/mol. The Morgan fingerprint density at radius 1 is 1.47 bits per heavy atom. The average molecular weight is 285 g/mol. The summed E-state index contributed by atoms with van der Waals surface area (Å²) in [6.45, 7) is 2.96. The highest BCUT2D eigenvalue weighted by atomic mass is 32.1. The number of hydrogen-bond acceptors (Lipinski definition) is 4. The molecule has 108 valence electrons. The lowest BCUT2D eigenvalue weighted by atomic mass is 10.0. The molecule has 0 amide bonds. The molecule has 5 heteroatoms. The van der Waals surface area contributed by atoms with E-state index in [0.29, 0.717) is 6.42 Å². The van der Waals surface area contributed by atoms with Crippen LogP contribution in [0, 0.1) is 0 Å². The third-order valence-electron chi connectivity index (χ3n) is 3.07. The van der Waals surface area contributed by atoms with E-state index in [4.69, 9.17) is 5.11 Å². The molecule has 0 aliphatic rings. The van der Waals surface area contributed by atoms with Gasteiger partial charge in [-0.1, -0.05) is 25.8 Å². The van der Waals surface area contributed by atoms with Gasteiger partial charge in [-0.15, -0.1) is 11.3 Å². The van der Waals surface area contributed by atoms with Crippen molar-refractivity contribution in [3.63, 3.8) is 0 Å². The lowest BCUT2D eigenvalue weighted by molar-refractivity contribution is -0.137. The predicted octanol–water partition coefficient (Wildman–Crippen LogP) is 2.79. The second-order valence-electron chi connectivity index (χ2n) is 4.66. The molecule has 0 saturated heterocycles. The molecular weight excluding hydrogens is 262 g/mol. The van der Waals surface area contributed by atoms with Crippen LogP contribution in [-0.2, 0) is 4.79 Å². The van der Waals surface area contributed by atoms with Crippen molar-refractivity contribution in [3.8, 4) is 0 Å². The van der Waals surface area contributed by atoms with Gasteiger partial charge in [-0.25, -0.2) is 0 Å². The normalized spacial score (nSPS) is 14.2. The molecule has 2 unspecified atom stereocenters. The van der Waals surface area contributed by atoms with Crippen molar-refractivity contribution >= 4 is 17.3 Å². The molecule has 19 heavy (non-hydrogen) atoms. The van der Waals surface area contributed by atoms with E-state index in [0.717, 1.165) is 30.7 Å². The van der Waals surface area contributed by atoms with Crippen LogP contribution in [0.3, 0.4) is 0 Å². The summed E-state index contributed by atoms with van der Waals surface area (Å²) in [5.74, 6) is -0.821. The molecule has 1 aromatic rings. The summed E-state index contributed by atoms with van der Waals surface area (Å²) in [6.07, 6.45) is 3.25. The molecular formula is C14H23NO3S. The zero-order chi connectivity index (χ0) is 14.1. The summed E-state index contributed by atoms with van der Waals surface area (Å²) < 4.78 is 0. The molecule has 1 heterocycles. The van der Waals surface area contributed by atoms with Crippen molar-refractivity contribution in [1.82, 2.24) is 5.32 Å². The van der Waals surface area contributed by atoms with Crippen LogP contribution in [-0.4, -0.2) is 28.8 Å². The number of thiophene rings is 1. The van der Waals surface area contributed by atoms with Crippen LogP contribution in [0.1, 0.15) is 50.0 Å². The van der Waals surface area contributed by atoms with E-state index in [9.17, 15) is 9.90 Å². The molecule has 0 fully saturated rings. The van der Waals surface area contributed by atoms with Gasteiger partial charge in [0.1, 0.15) is 6.10 Å². The Bertz CT molecular complexity index is 354. The quantitative estimate of drug-likeness (QED) is 0.578. The van der Waals surface area contributed by atoms with Gasteiger partial charge in [0.25, 0.3) is 0 Å². The van der Waals surface area contributed by atoms with Crippen molar-refractivity contribution in [2.75, 3.05) is 6.54 Å². The molecule has 1 rings (SSSR count). The van der Waals surface area contributed by atoms with Crippen molar-refractivity contribution in [1.29, 1.82) is 0 Å². The highest BCUT2D eigenvalue weighted by Crippen LogP contribution is 2.24. The number of rotatable bonds is 10. The van der Waals surface area contributed by atoms with Crippen molar-refractivity contribution in [3.05, 3.63) is 22.4 Å². The van der Waals surface area contributed by atoms with E-state index < -0.39 is 12.1 Å².